The number of imide groups is 2. The lowest BCUT2D eigenvalue weighted by Gasteiger charge is -2.27. The third kappa shape index (κ3) is 6.13. The highest BCUT2D eigenvalue weighted by molar-refractivity contribution is 14.1. The van der Waals surface area contributed by atoms with Crippen molar-refractivity contribution < 1.29 is 28.7 Å². The van der Waals surface area contributed by atoms with E-state index in [0.717, 1.165) is 16.0 Å². The molecule has 1 fully saturated rings. The van der Waals surface area contributed by atoms with Crippen LogP contribution < -0.4 is 25.0 Å². The lowest BCUT2D eigenvalue weighted by molar-refractivity contribution is -0.122. The standard InChI is InChI=1S/C29H25ClIN3O6/c1-15-8-9-16(2)22(10-15)32-25(35)14-40-26-21(31)12-18(13-24(26)39-4)11-19-27(36)33-29(38)34(28(19)37)23-7-5-6-20(30)17(23)3/h5-13H,14H2,1-4H3,(H,32,35)(H,33,36,38)/b19-11-. The molecule has 4 rings (SSSR count). The highest BCUT2D eigenvalue weighted by atomic mass is 127. The maximum atomic E-state index is 13.3. The van der Waals surface area contributed by atoms with E-state index in [9.17, 15) is 19.2 Å². The van der Waals surface area contributed by atoms with Crippen LogP contribution in [0.15, 0.2) is 54.1 Å². The number of hydrogen-bond donors (Lipinski definition) is 2. The van der Waals surface area contributed by atoms with E-state index < -0.39 is 17.8 Å². The Kier molecular flexibility index (Phi) is 8.79. The maximum Gasteiger partial charge on any atom is 0.335 e. The van der Waals surface area contributed by atoms with Crippen LogP contribution in [0.4, 0.5) is 16.2 Å². The molecule has 0 unspecified atom stereocenters. The number of halogens is 2. The zero-order chi connectivity index (χ0) is 29.1. The second kappa shape index (κ2) is 12.1. The van der Waals surface area contributed by atoms with Gasteiger partial charge in [-0.3, -0.25) is 19.7 Å². The van der Waals surface area contributed by atoms with Crippen LogP contribution in [-0.2, 0) is 14.4 Å². The van der Waals surface area contributed by atoms with E-state index in [2.05, 4.69) is 10.6 Å². The van der Waals surface area contributed by atoms with Crippen LogP contribution in [0, 0.1) is 24.3 Å². The molecule has 0 atom stereocenters. The number of hydrogen-bond acceptors (Lipinski definition) is 6. The molecule has 1 aliphatic rings. The van der Waals surface area contributed by atoms with Gasteiger partial charge in [0.2, 0.25) is 0 Å². The summed E-state index contributed by atoms with van der Waals surface area (Å²) in [4.78, 5) is 52.0. The summed E-state index contributed by atoms with van der Waals surface area (Å²) in [6.45, 7) is 5.25. The summed E-state index contributed by atoms with van der Waals surface area (Å²) in [5.74, 6) is -1.35. The Labute approximate surface area is 249 Å². The van der Waals surface area contributed by atoms with Crippen LogP contribution >= 0.6 is 34.2 Å². The van der Waals surface area contributed by atoms with Crippen molar-refractivity contribution in [2.24, 2.45) is 0 Å². The van der Waals surface area contributed by atoms with Crippen molar-refractivity contribution in [3.8, 4) is 11.5 Å². The zero-order valence-corrected chi connectivity index (χ0v) is 25.0. The van der Waals surface area contributed by atoms with Crippen LogP contribution in [0.3, 0.4) is 0 Å². The van der Waals surface area contributed by atoms with Crippen LogP contribution in [0.2, 0.25) is 5.02 Å². The van der Waals surface area contributed by atoms with Crippen LogP contribution in [-0.4, -0.2) is 37.5 Å². The third-order valence-electron chi connectivity index (χ3n) is 6.16. The molecule has 1 heterocycles. The molecule has 40 heavy (non-hydrogen) atoms. The van der Waals surface area contributed by atoms with E-state index in [0.29, 0.717) is 36.9 Å². The van der Waals surface area contributed by atoms with E-state index in [-0.39, 0.29) is 23.8 Å². The first-order chi connectivity index (χ1) is 19.0. The number of ether oxygens (including phenoxy) is 2. The zero-order valence-electron chi connectivity index (χ0n) is 22.1. The van der Waals surface area contributed by atoms with Gasteiger partial charge in [0.1, 0.15) is 5.57 Å². The molecule has 206 valence electrons. The molecule has 0 aromatic heterocycles. The molecule has 0 spiro atoms. The molecule has 1 aliphatic heterocycles. The highest BCUT2D eigenvalue weighted by Gasteiger charge is 2.37. The molecule has 5 amide bonds. The number of carbonyl (C=O) groups is 4. The number of benzene rings is 3. The number of nitrogens with one attached hydrogen (secondary N) is 2. The maximum absolute atomic E-state index is 13.3. The topological polar surface area (TPSA) is 114 Å². The fourth-order valence-corrected chi connectivity index (χ4v) is 4.99. The Balaban J connectivity index is 1.58. The third-order valence-corrected chi connectivity index (χ3v) is 7.37. The van der Waals surface area contributed by atoms with Gasteiger partial charge in [-0.2, -0.15) is 0 Å². The molecular weight excluding hydrogens is 649 g/mol. The Morgan fingerprint density at radius 3 is 2.58 bits per heavy atom. The summed E-state index contributed by atoms with van der Waals surface area (Å²) < 4.78 is 11.8. The largest absolute Gasteiger partial charge is 0.493 e. The number of methoxy groups -OCH3 is 1. The Bertz CT molecular complexity index is 1590. The summed E-state index contributed by atoms with van der Waals surface area (Å²) in [6, 6.07) is 13.0. The van der Waals surface area contributed by atoms with Crippen molar-refractivity contribution in [1.82, 2.24) is 5.32 Å². The summed E-state index contributed by atoms with van der Waals surface area (Å²) in [5.41, 5.74) is 3.62. The lowest BCUT2D eigenvalue weighted by atomic mass is 10.1. The first kappa shape index (κ1) is 29.1. The highest BCUT2D eigenvalue weighted by Crippen LogP contribution is 2.35. The van der Waals surface area contributed by atoms with Crippen LogP contribution in [0.1, 0.15) is 22.3 Å². The predicted molar refractivity (Wildman–Crippen MR) is 161 cm³/mol. The molecule has 3 aromatic carbocycles. The van der Waals surface area contributed by atoms with Crippen LogP contribution in [0.25, 0.3) is 6.08 Å². The van der Waals surface area contributed by atoms with E-state index >= 15 is 0 Å². The Morgan fingerprint density at radius 2 is 1.85 bits per heavy atom. The number of amides is 5. The predicted octanol–water partition coefficient (Wildman–Crippen LogP) is 5.56. The van der Waals surface area contributed by atoms with Crippen molar-refractivity contribution in [2.45, 2.75) is 20.8 Å². The van der Waals surface area contributed by atoms with Gasteiger partial charge in [0.15, 0.2) is 18.1 Å². The SMILES string of the molecule is COc1cc(/C=C2/C(=O)NC(=O)N(c3cccc(Cl)c3C)C2=O)cc(I)c1OCC(=O)Nc1cc(C)ccc1C. The number of rotatable bonds is 7. The van der Waals surface area contributed by atoms with Gasteiger partial charge in [0.25, 0.3) is 17.7 Å². The van der Waals surface area contributed by atoms with Crippen molar-refractivity contribution in [3.05, 3.63) is 85.0 Å². The quantitative estimate of drug-likeness (QED) is 0.193. The van der Waals surface area contributed by atoms with Crippen molar-refractivity contribution in [1.29, 1.82) is 0 Å². The number of aryl methyl sites for hydroxylation is 2. The van der Waals surface area contributed by atoms with Gasteiger partial charge in [-0.15, -0.1) is 0 Å². The molecule has 9 nitrogen and oxygen atoms in total. The van der Waals surface area contributed by atoms with Crippen molar-refractivity contribution in [3.63, 3.8) is 0 Å². The summed E-state index contributed by atoms with van der Waals surface area (Å²) in [7, 11) is 1.44. The van der Waals surface area contributed by atoms with Gasteiger partial charge in [-0.1, -0.05) is 29.8 Å². The van der Waals surface area contributed by atoms with Gasteiger partial charge in [0, 0.05) is 10.7 Å². The van der Waals surface area contributed by atoms with Gasteiger partial charge in [0.05, 0.1) is 16.4 Å². The molecule has 11 heteroatoms. The number of anilines is 2. The first-order valence-electron chi connectivity index (χ1n) is 12.0. The van der Waals surface area contributed by atoms with Crippen molar-refractivity contribution in [2.75, 3.05) is 23.9 Å². The van der Waals surface area contributed by atoms with E-state index in [4.69, 9.17) is 21.1 Å². The van der Waals surface area contributed by atoms with E-state index in [1.807, 2.05) is 54.6 Å². The fraction of sp³-hybridized carbons (Fsp3) is 0.172. The average molecular weight is 674 g/mol. The van der Waals surface area contributed by atoms with E-state index in [1.165, 1.54) is 13.2 Å². The minimum Gasteiger partial charge on any atom is -0.493 e. The van der Waals surface area contributed by atoms with Crippen molar-refractivity contribution >= 4 is 75.4 Å². The average Bonchev–Trinajstić information content (AvgIpc) is 2.90. The van der Waals surface area contributed by atoms with E-state index in [1.54, 1.807) is 37.3 Å². The molecule has 1 saturated heterocycles. The second-order valence-electron chi connectivity index (χ2n) is 9.03. The van der Waals surface area contributed by atoms with Gasteiger partial charge < -0.3 is 14.8 Å². The smallest absolute Gasteiger partial charge is 0.335 e. The molecule has 0 radical (unpaired) electrons. The molecule has 3 aromatic rings. The Hall–Kier alpha value is -3.90. The minimum atomic E-state index is -0.868. The number of barbiturate groups is 1. The molecule has 0 aliphatic carbocycles. The fourth-order valence-electron chi connectivity index (χ4n) is 4.04. The summed E-state index contributed by atoms with van der Waals surface area (Å²) in [6.07, 6.45) is 1.36. The van der Waals surface area contributed by atoms with Gasteiger partial charge in [-0.25, -0.2) is 9.69 Å². The lowest BCUT2D eigenvalue weighted by Crippen LogP contribution is -2.54. The monoisotopic (exact) mass is 673 g/mol. The molecule has 2 N–H and O–H groups in total. The number of urea groups is 1. The van der Waals surface area contributed by atoms with Gasteiger partial charge >= 0.3 is 6.03 Å². The molecule has 0 saturated carbocycles. The second-order valence-corrected chi connectivity index (χ2v) is 10.6. The Morgan fingerprint density at radius 1 is 1.10 bits per heavy atom. The number of carbonyl (C=O) groups excluding carboxylic acids is 4. The van der Waals surface area contributed by atoms with Crippen LogP contribution in [0.5, 0.6) is 11.5 Å². The molecular formula is C29H25ClIN3O6. The normalized spacial score (nSPS) is 14.3. The summed E-state index contributed by atoms with van der Waals surface area (Å²) >= 11 is 8.20. The molecule has 0 bridgehead atoms. The first-order valence-corrected chi connectivity index (χ1v) is 13.5. The summed E-state index contributed by atoms with van der Waals surface area (Å²) in [5, 5.41) is 5.42. The van der Waals surface area contributed by atoms with Gasteiger partial charge in [-0.05, 0) is 102 Å². The minimum absolute atomic E-state index is 0.251. The number of nitrogens with zero attached hydrogens (tertiary/aromatic N) is 1.